The molecule has 1 N–H and O–H groups in total. The molecule has 0 aliphatic heterocycles. The molecule has 1 atom stereocenters. The molecule has 21 heavy (non-hydrogen) atoms. The minimum atomic E-state index is -0.165. The van der Waals surface area contributed by atoms with Crippen LogP contribution < -0.4 is 10.2 Å². The number of halogens is 1. The van der Waals surface area contributed by atoms with Crippen molar-refractivity contribution in [1.82, 2.24) is 5.32 Å². The molecule has 1 rings (SSSR count). The van der Waals surface area contributed by atoms with E-state index in [1.54, 1.807) is 12.1 Å². The van der Waals surface area contributed by atoms with E-state index < -0.39 is 0 Å². The average molecular weight is 294 g/mol. The summed E-state index contributed by atoms with van der Waals surface area (Å²) in [6.07, 6.45) is 1.10. The van der Waals surface area contributed by atoms with Gasteiger partial charge in [-0.05, 0) is 49.4 Å². The van der Waals surface area contributed by atoms with Crippen LogP contribution in [0.5, 0.6) is 0 Å². The summed E-state index contributed by atoms with van der Waals surface area (Å²) in [5.74, 6) is 0.499. The van der Waals surface area contributed by atoms with Crippen molar-refractivity contribution in [2.75, 3.05) is 31.1 Å². The fraction of sp³-hybridized carbons (Fsp3) is 0.667. The molecule has 0 fully saturated rings. The number of hydrogen-bond donors (Lipinski definition) is 1. The van der Waals surface area contributed by atoms with Crippen LogP contribution in [0.4, 0.5) is 10.1 Å². The lowest BCUT2D eigenvalue weighted by Gasteiger charge is -2.36. The summed E-state index contributed by atoms with van der Waals surface area (Å²) in [4.78, 5) is 2.27. The van der Waals surface area contributed by atoms with Crippen LogP contribution in [-0.2, 0) is 0 Å². The van der Waals surface area contributed by atoms with Crippen molar-refractivity contribution in [3.05, 3.63) is 30.1 Å². The van der Waals surface area contributed by atoms with Crippen molar-refractivity contribution in [3.63, 3.8) is 0 Å². The van der Waals surface area contributed by atoms with Crippen molar-refractivity contribution in [3.8, 4) is 0 Å². The largest absolute Gasteiger partial charge is 0.371 e. The van der Waals surface area contributed by atoms with Crippen LogP contribution in [0.25, 0.3) is 0 Å². The highest BCUT2D eigenvalue weighted by atomic mass is 19.1. The standard InChI is InChI=1S/C18H31FN2/c1-6-18(5,13-20-12-15(3)4)14-21(7-2)17-10-8-9-16(19)11-17/h8-11,15,20H,6-7,12-14H2,1-5H3. The minimum absolute atomic E-state index is 0.165. The van der Waals surface area contributed by atoms with Gasteiger partial charge in [0.2, 0.25) is 0 Å². The number of hydrogen-bond acceptors (Lipinski definition) is 2. The fourth-order valence-corrected chi connectivity index (χ4v) is 2.47. The minimum Gasteiger partial charge on any atom is -0.371 e. The van der Waals surface area contributed by atoms with Crippen molar-refractivity contribution < 1.29 is 4.39 Å². The molecule has 0 spiro atoms. The third kappa shape index (κ3) is 6.04. The summed E-state index contributed by atoms with van der Waals surface area (Å²) in [5.41, 5.74) is 1.16. The maximum atomic E-state index is 13.4. The van der Waals surface area contributed by atoms with E-state index in [-0.39, 0.29) is 11.2 Å². The van der Waals surface area contributed by atoms with Crippen LogP contribution in [0.2, 0.25) is 0 Å². The van der Waals surface area contributed by atoms with E-state index in [4.69, 9.17) is 0 Å². The summed E-state index contributed by atoms with van der Waals surface area (Å²) in [6.45, 7) is 15.0. The van der Waals surface area contributed by atoms with E-state index in [1.807, 2.05) is 6.07 Å². The molecule has 0 saturated carbocycles. The Labute approximate surface area is 129 Å². The van der Waals surface area contributed by atoms with E-state index in [0.29, 0.717) is 5.92 Å². The molecule has 0 aliphatic carbocycles. The van der Waals surface area contributed by atoms with Gasteiger partial charge >= 0.3 is 0 Å². The maximum Gasteiger partial charge on any atom is 0.125 e. The summed E-state index contributed by atoms with van der Waals surface area (Å²) >= 11 is 0. The Kier molecular flexibility index (Phi) is 7.16. The monoisotopic (exact) mass is 294 g/mol. The van der Waals surface area contributed by atoms with Crippen molar-refractivity contribution in [2.24, 2.45) is 11.3 Å². The molecular formula is C18H31FN2. The van der Waals surface area contributed by atoms with Crippen LogP contribution >= 0.6 is 0 Å². The first-order valence-electron chi connectivity index (χ1n) is 8.11. The summed E-state index contributed by atoms with van der Waals surface area (Å²) in [7, 11) is 0. The molecule has 2 nitrogen and oxygen atoms in total. The molecule has 3 heteroatoms. The molecule has 0 radical (unpaired) electrons. The van der Waals surface area contributed by atoms with Crippen LogP contribution in [0.1, 0.15) is 41.0 Å². The highest BCUT2D eigenvalue weighted by Crippen LogP contribution is 2.25. The quantitative estimate of drug-likeness (QED) is 0.730. The molecule has 0 bridgehead atoms. The van der Waals surface area contributed by atoms with E-state index in [1.165, 1.54) is 6.07 Å². The highest BCUT2D eigenvalue weighted by molar-refractivity contribution is 5.46. The Morgan fingerprint density at radius 1 is 1.29 bits per heavy atom. The van der Waals surface area contributed by atoms with Gasteiger partial charge in [0.1, 0.15) is 5.82 Å². The lowest BCUT2D eigenvalue weighted by molar-refractivity contribution is 0.290. The maximum absolute atomic E-state index is 13.4. The Balaban J connectivity index is 2.72. The average Bonchev–Trinajstić information content (AvgIpc) is 2.44. The Morgan fingerprint density at radius 3 is 2.52 bits per heavy atom. The molecule has 0 saturated heterocycles. The zero-order chi connectivity index (χ0) is 15.9. The number of benzene rings is 1. The van der Waals surface area contributed by atoms with Gasteiger partial charge in [-0.2, -0.15) is 0 Å². The topological polar surface area (TPSA) is 15.3 Å². The second-order valence-electron chi connectivity index (χ2n) is 6.68. The van der Waals surface area contributed by atoms with Crippen LogP contribution in [-0.4, -0.2) is 26.2 Å². The summed E-state index contributed by atoms with van der Waals surface area (Å²) < 4.78 is 13.4. The number of nitrogens with one attached hydrogen (secondary N) is 1. The van der Waals surface area contributed by atoms with Crippen LogP contribution in [0.15, 0.2) is 24.3 Å². The third-order valence-corrected chi connectivity index (χ3v) is 4.09. The van der Waals surface area contributed by atoms with Crippen LogP contribution in [0, 0.1) is 17.2 Å². The first-order chi connectivity index (χ1) is 9.90. The zero-order valence-electron chi connectivity index (χ0n) is 14.2. The Hall–Kier alpha value is -1.09. The predicted molar refractivity (Wildman–Crippen MR) is 90.4 cm³/mol. The van der Waals surface area contributed by atoms with Gasteiger partial charge in [0.15, 0.2) is 0 Å². The lowest BCUT2D eigenvalue weighted by atomic mass is 9.86. The number of rotatable bonds is 9. The Bertz CT molecular complexity index is 419. The molecular weight excluding hydrogens is 263 g/mol. The highest BCUT2D eigenvalue weighted by Gasteiger charge is 2.25. The fourth-order valence-electron chi connectivity index (χ4n) is 2.47. The molecule has 0 amide bonds. The zero-order valence-corrected chi connectivity index (χ0v) is 14.2. The number of anilines is 1. The summed E-state index contributed by atoms with van der Waals surface area (Å²) in [5, 5.41) is 3.57. The van der Waals surface area contributed by atoms with Gasteiger partial charge in [-0.1, -0.05) is 33.8 Å². The smallest absolute Gasteiger partial charge is 0.125 e. The van der Waals surface area contributed by atoms with Crippen LogP contribution in [0.3, 0.4) is 0 Å². The number of nitrogens with zero attached hydrogens (tertiary/aromatic N) is 1. The molecule has 0 heterocycles. The van der Waals surface area contributed by atoms with Gasteiger partial charge in [-0.3, -0.25) is 0 Å². The molecule has 1 unspecified atom stereocenters. The van der Waals surface area contributed by atoms with Gasteiger partial charge < -0.3 is 10.2 Å². The first-order valence-corrected chi connectivity index (χ1v) is 8.11. The molecule has 1 aromatic carbocycles. The van der Waals surface area contributed by atoms with Crippen molar-refractivity contribution in [1.29, 1.82) is 0 Å². The molecule has 0 aromatic heterocycles. The summed E-state index contributed by atoms with van der Waals surface area (Å²) in [6, 6.07) is 6.90. The van der Waals surface area contributed by atoms with Gasteiger partial charge in [0.05, 0.1) is 0 Å². The van der Waals surface area contributed by atoms with Crippen molar-refractivity contribution >= 4 is 5.69 Å². The van der Waals surface area contributed by atoms with Crippen molar-refractivity contribution in [2.45, 2.75) is 41.0 Å². The molecule has 120 valence electrons. The van der Waals surface area contributed by atoms with Gasteiger partial charge in [0.25, 0.3) is 0 Å². The second-order valence-corrected chi connectivity index (χ2v) is 6.68. The molecule has 1 aromatic rings. The third-order valence-electron chi connectivity index (χ3n) is 4.09. The first kappa shape index (κ1) is 18.0. The Morgan fingerprint density at radius 2 is 2.00 bits per heavy atom. The molecule has 0 aliphatic rings. The van der Waals surface area contributed by atoms with Gasteiger partial charge in [-0.15, -0.1) is 0 Å². The van der Waals surface area contributed by atoms with E-state index in [2.05, 4.69) is 44.8 Å². The van der Waals surface area contributed by atoms with Gasteiger partial charge in [0, 0.05) is 25.3 Å². The van der Waals surface area contributed by atoms with E-state index in [9.17, 15) is 4.39 Å². The van der Waals surface area contributed by atoms with E-state index >= 15 is 0 Å². The van der Waals surface area contributed by atoms with E-state index in [0.717, 1.165) is 38.3 Å². The SMILES string of the molecule is CCN(CC(C)(CC)CNCC(C)C)c1cccc(F)c1. The van der Waals surface area contributed by atoms with Gasteiger partial charge in [-0.25, -0.2) is 4.39 Å². The normalized spacial score (nSPS) is 14.2. The lowest BCUT2D eigenvalue weighted by Crippen LogP contribution is -2.43. The second kappa shape index (κ2) is 8.38. The predicted octanol–water partition coefficient (Wildman–Crippen LogP) is 4.31.